The molecule has 0 spiro atoms. The summed E-state index contributed by atoms with van der Waals surface area (Å²) in [6, 6.07) is 4.11. The van der Waals surface area contributed by atoms with Gasteiger partial charge in [0.1, 0.15) is 5.82 Å². The molecule has 0 aromatic carbocycles. The highest BCUT2D eigenvalue weighted by Gasteiger charge is 2.21. The standard InChI is InChI=1S/C14H21N3O/c1-11-10-16(3)7-4-8-17(11)14-9-13(12(2)18)5-6-15-14/h5-6,9,11H,4,7-8,10H2,1-3H3. The monoisotopic (exact) mass is 247 g/mol. The molecule has 1 atom stereocenters. The molecule has 4 heteroatoms. The van der Waals surface area contributed by atoms with Crippen molar-refractivity contribution >= 4 is 11.6 Å². The first-order chi connectivity index (χ1) is 8.58. The first kappa shape index (κ1) is 13.0. The first-order valence-electron chi connectivity index (χ1n) is 6.50. The molecule has 1 aliphatic heterocycles. The van der Waals surface area contributed by atoms with Crippen LogP contribution in [0.1, 0.15) is 30.6 Å². The maximum atomic E-state index is 11.4. The molecule has 0 radical (unpaired) electrons. The highest BCUT2D eigenvalue weighted by Crippen LogP contribution is 2.19. The molecule has 0 aliphatic carbocycles. The zero-order chi connectivity index (χ0) is 13.1. The average molecular weight is 247 g/mol. The summed E-state index contributed by atoms with van der Waals surface area (Å²) in [6.07, 6.45) is 2.86. The van der Waals surface area contributed by atoms with Gasteiger partial charge in [-0.05, 0) is 46.0 Å². The molecular weight excluding hydrogens is 226 g/mol. The molecule has 4 nitrogen and oxygen atoms in total. The van der Waals surface area contributed by atoms with E-state index in [0.717, 1.165) is 37.4 Å². The lowest BCUT2D eigenvalue weighted by Crippen LogP contribution is -2.38. The second-order valence-corrected chi connectivity index (χ2v) is 5.12. The van der Waals surface area contributed by atoms with Crippen molar-refractivity contribution in [2.24, 2.45) is 0 Å². The molecule has 1 aromatic heterocycles. The fraction of sp³-hybridized carbons (Fsp3) is 0.571. The summed E-state index contributed by atoms with van der Waals surface area (Å²) in [5.41, 5.74) is 0.741. The summed E-state index contributed by atoms with van der Waals surface area (Å²) >= 11 is 0. The number of hydrogen-bond acceptors (Lipinski definition) is 4. The van der Waals surface area contributed by atoms with Gasteiger partial charge in [0.15, 0.2) is 5.78 Å². The number of pyridine rings is 1. The number of carbonyl (C=O) groups excluding carboxylic acids is 1. The Labute approximate surface area is 109 Å². The largest absolute Gasteiger partial charge is 0.353 e. The van der Waals surface area contributed by atoms with Gasteiger partial charge in [-0.25, -0.2) is 4.98 Å². The number of aromatic nitrogens is 1. The van der Waals surface area contributed by atoms with E-state index in [1.807, 2.05) is 6.07 Å². The highest BCUT2D eigenvalue weighted by atomic mass is 16.1. The van der Waals surface area contributed by atoms with Crippen molar-refractivity contribution in [2.75, 3.05) is 31.6 Å². The molecule has 98 valence electrons. The van der Waals surface area contributed by atoms with Crippen molar-refractivity contribution in [2.45, 2.75) is 26.3 Å². The Morgan fingerprint density at radius 1 is 1.44 bits per heavy atom. The van der Waals surface area contributed by atoms with Crippen LogP contribution in [0.3, 0.4) is 0 Å². The van der Waals surface area contributed by atoms with Crippen molar-refractivity contribution in [1.82, 2.24) is 9.88 Å². The second-order valence-electron chi connectivity index (χ2n) is 5.12. The molecule has 1 aromatic rings. The van der Waals surface area contributed by atoms with Gasteiger partial charge in [-0.15, -0.1) is 0 Å². The van der Waals surface area contributed by atoms with Crippen LogP contribution >= 0.6 is 0 Å². The maximum absolute atomic E-state index is 11.4. The number of Topliss-reactive ketones (excluding diaryl/α,β-unsaturated/α-hetero) is 1. The van der Waals surface area contributed by atoms with Gasteiger partial charge in [-0.3, -0.25) is 4.79 Å². The Bertz CT molecular complexity index is 433. The molecule has 2 heterocycles. The molecule has 0 N–H and O–H groups in total. The Morgan fingerprint density at radius 3 is 2.94 bits per heavy atom. The number of ketones is 1. The average Bonchev–Trinajstić information content (AvgIpc) is 2.50. The van der Waals surface area contributed by atoms with Crippen LogP contribution in [-0.4, -0.2) is 48.4 Å². The van der Waals surface area contributed by atoms with Gasteiger partial charge >= 0.3 is 0 Å². The minimum absolute atomic E-state index is 0.0956. The van der Waals surface area contributed by atoms with Crippen LogP contribution in [-0.2, 0) is 0 Å². The van der Waals surface area contributed by atoms with E-state index in [4.69, 9.17) is 0 Å². The number of carbonyl (C=O) groups is 1. The summed E-state index contributed by atoms with van der Waals surface area (Å²) in [5, 5.41) is 0. The minimum atomic E-state index is 0.0956. The number of nitrogens with zero attached hydrogens (tertiary/aromatic N) is 3. The fourth-order valence-corrected chi connectivity index (χ4v) is 2.51. The van der Waals surface area contributed by atoms with Crippen molar-refractivity contribution < 1.29 is 4.79 Å². The molecule has 0 amide bonds. The molecule has 0 bridgehead atoms. The zero-order valence-corrected chi connectivity index (χ0v) is 11.4. The second kappa shape index (κ2) is 5.48. The number of hydrogen-bond donors (Lipinski definition) is 0. The summed E-state index contributed by atoms with van der Waals surface area (Å²) in [4.78, 5) is 20.5. The van der Waals surface area contributed by atoms with Crippen LogP contribution in [0.25, 0.3) is 0 Å². The molecule has 2 rings (SSSR count). The topological polar surface area (TPSA) is 36.4 Å². The maximum Gasteiger partial charge on any atom is 0.159 e. The van der Waals surface area contributed by atoms with E-state index >= 15 is 0 Å². The predicted octanol–water partition coefficient (Wildman–Crippen LogP) is 1.81. The Kier molecular flexibility index (Phi) is 3.97. The lowest BCUT2D eigenvalue weighted by atomic mass is 10.2. The van der Waals surface area contributed by atoms with E-state index in [2.05, 4.69) is 28.8 Å². The van der Waals surface area contributed by atoms with Crippen LogP contribution in [0.15, 0.2) is 18.3 Å². The molecule has 0 saturated carbocycles. The SMILES string of the molecule is CC(=O)c1ccnc(N2CCCN(C)CC2C)c1. The lowest BCUT2D eigenvalue weighted by molar-refractivity contribution is 0.101. The minimum Gasteiger partial charge on any atom is -0.353 e. The van der Waals surface area contributed by atoms with Crippen molar-refractivity contribution in [3.05, 3.63) is 23.9 Å². The zero-order valence-electron chi connectivity index (χ0n) is 11.4. The number of likely N-dealkylation sites (N-methyl/N-ethyl adjacent to an activating group) is 1. The third kappa shape index (κ3) is 2.88. The summed E-state index contributed by atoms with van der Waals surface area (Å²) in [7, 11) is 2.15. The van der Waals surface area contributed by atoms with Gasteiger partial charge in [-0.1, -0.05) is 0 Å². The van der Waals surface area contributed by atoms with Gasteiger partial charge in [0.25, 0.3) is 0 Å². The molecule has 1 aliphatic rings. The third-order valence-electron chi connectivity index (χ3n) is 3.49. The first-order valence-corrected chi connectivity index (χ1v) is 6.50. The number of rotatable bonds is 2. The van der Waals surface area contributed by atoms with Crippen LogP contribution in [0.4, 0.5) is 5.82 Å². The molecule has 18 heavy (non-hydrogen) atoms. The summed E-state index contributed by atoms with van der Waals surface area (Å²) < 4.78 is 0. The van der Waals surface area contributed by atoms with E-state index in [1.54, 1.807) is 19.2 Å². The van der Waals surface area contributed by atoms with Crippen LogP contribution < -0.4 is 4.90 Å². The lowest BCUT2D eigenvalue weighted by Gasteiger charge is -2.29. The Balaban J connectivity index is 2.24. The highest BCUT2D eigenvalue weighted by molar-refractivity contribution is 5.94. The van der Waals surface area contributed by atoms with E-state index in [-0.39, 0.29) is 5.78 Å². The number of anilines is 1. The van der Waals surface area contributed by atoms with Crippen LogP contribution in [0.2, 0.25) is 0 Å². The van der Waals surface area contributed by atoms with Gasteiger partial charge in [0.05, 0.1) is 0 Å². The molecule has 1 unspecified atom stereocenters. The molecule has 1 fully saturated rings. The van der Waals surface area contributed by atoms with Gasteiger partial charge in [-0.2, -0.15) is 0 Å². The predicted molar refractivity (Wildman–Crippen MR) is 73.2 cm³/mol. The fourth-order valence-electron chi connectivity index (χ4n) is 2.51. The van der Waals surface area contributed by atoms with Gasteiger partial charge in [0.2, 0.25) is 0 Å². The Morgan fingerprint density at radius 2 is 2.22 bits per heavy atom. The van der Waals surface area contributed by atoms with E-state index in [1.165, 1.54) is 0 Å². The van der Waals surface area contributed by atoms with Gasteiger partial charge < -0.3 is 9.80 Å². The van der Waals surface area contributed by atoms with Crippen LogP contribution in [0, 0.1) is 0 Å². The summed E-state index contributed by atoms with van der Waals surface area (Å²) in [6.45, 7) is 6.96. The Hall–Kier alpha value is -1.42. The van der Waals surface area contributed by atoms with Gasteiger partial charge in [0, 0.05) is 30.9 Å². The quantitative estimate of drug-likeness (QED) is 0.747. The van der Waals surface area contributed by atoms with Crippen molar-refractivity contribution in [1.29, 1.82) is 0 Å². The molecular formula is C14H21N3O. The summed E-state index contributed by atoms with van der Waals surface area (Å²) in [5.74, 6) is 1.02. The van der Waals surface area contributed by atoms with E-state index in [0.29, 0.717) is 6.04 Å². The third-order valence-corrected chi connectivity index (χ3v) is 3.49. The van der Waals surface area contributed by atoms with Crippen molar-refractivity contribution in [3.63, 3.8) is 0 Å². The van der Waals surface area contributed by atoms with E-state index in [9.17, 15) is 4.79 Å². The van der Waals surface area contributed by atoms with Crippen molar-refractivity contribution in [3.8, 4) is 0 Å². The smallest absolute Gasteiger partial charge is 0.159 e. The normalized spacial score (nSPS) is 21.7. The molecule has 1 saturated heterocycles. The van der Waals surface area contributed by atoms with Crippen LogP contribution in [0.5, 0.6) is 0 Å². The van der Waals surface area contributed by atoms with E-state index < -0.39 is 0 Å².